The molecule has 10 aromatic carbocycles. The maximum Gasteiger partial charge on any atom is 0.300 e. The summed E-state index contributed by atoms with van der Waals surface area (Å²) in [5.41, 5.74) is 5.66. The molecule has 16 rings (SSSR count). The predicted octanol–water partition coefficient (Wildman–Crippen LogP) is 28.4. The quantitative estimate of drug-likeness (QED) is 0.0306. The number of ether oxygens (including phenoxy) is 5. The lowest BCUT2D eigenvalue weighted by Crippen LogP contribution is -2.15. The zero-order chi connectivity index (χ0) is 86.0. The van der Waals surface area contributed by atoms with E-state index in [1.165, 1.54) is 53.3 Å². The monoisotopic (exact) mass is 1750 g/mol. The average molecular weight is 1750 g/mol. The standard InChI is InChI=1S/2C30H36F4O4S.C21H21O3S.C18H15S/c2*31-24-26(33)30(39(35,36)37)27(34)25(32)29(24)38-28-22(19-12-6-2-7-13-19)16-21(18-10-4-1-5-11-18)17-23(28)20-14-8-3-9-15-20;1-22-16-7-4-10-19(13-16)25(20-11-5-8-17(14-20)23-2)21-12-6-9-18(15-21)24-3;1-4-10-16(11-5-1)19(17-12-6-2-7-13-17)18-14-8-3-9-15-18/h2*16-20H,1-15H2,(H,35,36,37);4-15H,1-3H3;1-15H/q;;2*+1. The molecule has 0 atom stereocenters. The highest BCUT2D eigenvalue weighted by molar-refractivity contribution is 7.97. The van der Waals surface area contributed by atoms with Gasteiger partial charge in [-0.15, -0.1) is 0 Å². The number of halogens is 8. The molecule has 122 heavy (non-hydrogen) atoms. The van der Waals surface area contributed by atoms with Gasteiger partial charge in [0.2, 0.25) is 34.8 Å². The van der Waals surface area contributed by atoms with Gasteiger partial charge in [0.1, 0.15) is 28.7 Å². The molecule has 0 spiro atoms. The van der Waals surface area contributed by atoms with Crippen LogP contribution in [0, 0.1) is 46.5 Å². The van der Waals surface area contributed by atoms with Crippen molar-refractivity contribution in [2.24, 2.45) is 0 Å². The summed E-state index contributed by atoms with van der Waals surface area (Å²) in [6, 6.07) is 65.1. The van der Waals surface area contributed by atoms with Crippen molar-refractivity contribution in [2.75, 3.05) is 21.3 Å². The van der Waals surface area contributed by atoms with Crippen LogP contribution in [0.5, 0.6) is 40.2 Å². The van der Waals surface area contributed by atoms with Gasteiger partial charge in [-0.2, -0.15) is 34.4 Å². The topological polar surface area (TPSA) is 155 Å². The van der Waals surface area contributed by atoms with Crippen molar-refractivity contribution in [1.29, 1.82) is 0 Å². The van der Waals surface area contributed by atoms with Crippen LogP contribution < -0.4 is 23.7 Å². The van der Waals surface area contributed by atoms with Gasteiger partial charge in [0.25, 0.3) is 0 Å². The van der Waals surface area contributed by atoms with E-state index in [2.05, 4.69) is 152 Å². The van der Waals surface area contributed by atoms with Crippen molar-refractivity contribution >= 4 is 42.0 Å². The number of hydrogen-bond acceptors (Lipinski definition) is 9. The zero-order valence-corrected chi connectivity index (χ0v) is 72.6. The summed E-state index contributed by atoms with van der Waals surface area (Å²) in [6.45, 7) is 0. The molecule has 6 aliphatic rings. The molecule has 0 amide bonds. The van der Waals surface area contributed by atoms with E-state index in [1.54, 1.807) is 21.3 Å². The lowest BCUT2D eigenvalue weighted by molar-refractivity contribution is 0.334. The van der Waals surface area contributed by atoms with Crippen LogP contribution in [-0.2, 0) is 42.0 Å². The van der Waals surface area contributed by atoms with Crippen LogP contribution in [0.1, 0.15) is 262 Å². The third kappa shape index (κ3) is 22.1. The van der Waals surface area contributed by atoms with E-state index in [-0.39, 0.29) is 57.0 Å². The molecule has 6 fully saturated rings. The molecule has 2 N–H and O–H groups in total. The molecular formula is C99H108F8O11S4+2. The number of hydrogen-bond donors (Lipinski definition) is 2. The summed E-state index contributed by atoms with van der Waals surface area (Å²) in [5.74, 6) is -15.3. The maximum atomic E-state index is 15.2. The van der Waals surface area contributed by atoms with Crippen LogP contribution in [0.15, 0.2) is 227 Å². The molecule has 648 valence electrons. The molecule has 0 aliphatic heterocycles. The number of rotatable bonds is 21. The highest BCUT2D eigenvalue weighted by Crippen LogP contribution is 2.53. The van der Waals surface area contributed by atoms with Gasteiger partial charge in [-0.1, -0.05) is 213 Å². The fourth-order valence-corrected chi connectivity index (χ4v) is 24.1. The minimum atomic E-state index is -5.55. The Kier molecular flexibility index (Phi) is 31.8. The first-order valence-electron chi connectivity index (χ1n) is 43.0. The van der Waals surface area contributed by atoms with Crippen LogP contribution in [0.4, 0.5) is 35.1 Å². The molecule has 0 bridgehead atoms. The van der Waals surface area contributed by atoms with Crippen molar-refractivity contribution in [3.05, 3.63) is 268 Å². The largest absolute Gasteiger partial charge is 0.497 e. The Bertz CT molecular complexity index is 4860. The summed E-state index contributed by atoms with van der Waals surface area (Å²) in [6.07, 6.45) is 30.8. The second-order valence-electron chi connectivity index (χ2n) is 32.6. The molecule has 0 heterocycles. The molecule has 0 unspecified atom stereocenters. The maximum absolute atomic E-state index is 15.2. The summed E-state index contributed by atoms with van der Waals surface area (Å²) in [7, 11) is -6.34. The number of methoxy groups -OCH3 is 3. The van der Waals surface area contributed by atoms with Gasteiger partial charge in [0.05, 0.1) is 43.1 Å². The van der Waals surface area contributed by atoms with Crippen LogP contribution in [0.3, 0.4) is 0 Å². The molecule has 6 aliphatic carbocycles. The minimum Gasteiger partial charge on any atom is -0.497 e. The van der Waals surface area contributed by atoms with E-state index in [0.29, 0.717) is 11.8 Å². The zero-order valence-electron chi connectivity index (χ0n) is 69.3. The Morgan fingerprint density at radius 1 is 0.262 bits per heavy atom. The molecule has 0 radical (unpaired) electrons. The first kappa shape index (κ1) is 90.9. The van der Waals surface area contributed by atoms with E-state index >= 15 is 17.6 Å². The lowest BCUT2D eigenvalue weighted by Gasteiger charge is -2.32. The Morgan fingerprint density at radius 2 is 0.475 bits per heavy atom. The van der Waals surface area contributed by atoms with Crippen LogP contribution in [0.2, 0.25) is 0 Å². The summed E-state index contributed by atoms with van der Waals surface area (Å²) >= 11 is 0. The Labute approximate surface area is 718 Å². The molecule has 11 nitrogen and oxygen atoms in total. The first-order valence-corrected chi connectivity index (χ1v) is 48.3. The molecule has 10 aromatic rings. The normalized spacial score (nSPS) is 16.8. The average Bonchev–Trinajstić information content (AvgIpc) is 0.756. The molecule has 0 aromatic heterocycles. The minimum absolute atomic E-state index is 0.0146. The lowest BCUT2D eigenvalue weighted by atomic mass is 9.75. The molecular weight excluding hydrogens is 1650 g/mol. The fourth-order valence-electron chi connectivity index (χ4n) is 18.5. The Hall–Kier alpha value is -8.84. The summed E-state index contributed by atoms with van der Waals surface area (Å²) < 4.78 is 212. The van der Waals surface area contributed by atoms with Crippen LogP contribution in [0.25, 0.3) is 0 Å². The van der Waals surface area contributed by atoms with Gasteiger partial charge in [-0.3, -0.25) is 9.11 Å². The predicted molar refractivity (Wildman–Crippen MR) is 463 cm³/mol. The summed E-state index contributed by atoms with van der Waals surface area (Å²) in [5, 5.41) is 0. The van der Waals surface area contributed by atoms with Crippen LogP contribution >= 0.6 is 0 Å². The van der Waals surface area contributed by atoms with Gasteiger partial charge >= 0.3 is 20.2 Å². The third-order valence-corrected chi connectivity index (χ3v) is 30.9. The van der Waals surface area contributed by atoms with Crippen molar-refractivity contribution < 1.29 is 84.7 Å². The second-order valence-corrected chi connectivity index (χ2v) is 39.4. The Morgan fingerprint density at radius 3 is 0.697 bits per heavy atom. The molecule has 0 saturated heterocycles. The third-order valence-electron chi connectivity index (χ3n) is 24.7. The molecule has 6 saturated carbocycles. The molecule has 23 heteroatoms. The van der Waals surface area contributed by atoms with Gasteiger partial charge in [0.15, 0.2) is 62.4 Å². The highest BCUT2D eigenvalue weighted by Gasteiger charge is 2.40. The van der Waals surface area contributed by atoms with Crippen LogP contribution in [-0.4, -0.2) is 47.3 Å². The van der Waals surface area contributed by atoms with E-state index in [9.17, 15) is 43.5 Å². The van der Waals surface area contributed by atoms with Crippen molar-refractivity contribution in [1.82, 2.24) is 0 Å². The fraction of sp³-hybridized carbons (Fsp3) is 0.394. The van der Waals surface area contributed by atoms with Crippen molar-refractivity contribution in [3.8, 4) is 40.2 Å². The van der Waals surface area contributed by atoms with Gasteiger partial charge < -0.3 is 23.7 Å². The first-order chi connectivity index (χ1) is 59.0. The Balaban J connectivity index is 0.000000145. The van der Waals surface area contributed by atoms with Crippen molar-refractivity contribution in [2.45, 2.75) is 267 Å². The smallest absolute Gasteiger partial charge is 0.300 e. The van der Waals surface area contributed by atoms with Gasteiger partial charge in [-0.05, 0) is 219 Å². The van der Waals surface area contributed by atoms with E-state index in [1.807, 2.05) is 36.4 Å². The van der Waals surface area contributed by atoms with E-state index in [0.717, 1.165) is 219 Å². The SMILES string of the molecule is COc1cccc([S+](c2cccc(OC)c2)c2cccc(OC)c2)c1.O=S(=O)(O)c1c(F)c(F)c(Oc2c(C3CCCCC3)cc(C3CCCCC3)cc2C2CCCCC2)c(F)c1F.O=S(=O)(O)c1c(F)c(F)c(Oc2c(C3CCCCC3)cc(C3CCCCC3)cc2C2CCCCC2)c(F)c1F.c1ccc([S+](c2ccccc2)c2ccccc2)cc1. The van der Waals surface area contributed by atoms with Gasteiger partial charge in [-0.25, -0.2) is 17.6 Å². The van der Waals surface area contributed by atoms with Gasteiger partial charge in [0, 0.05) is 18.2 Å². The summed E-state index contributed by atoms with van der Waals surface area (Å²) in [4.78, 5) is 3.51. The van der Waals surface area contributed by atoms with E-state index in [4.69, 9.17) is 23.7 Å². The van der Waals surface area contributed by atoms with E-state index < -0.39 is 88.1 Å². The van der Waals surface area contributed by atoms with Crippen molar-refractivity contribution in [3.63, 3.8) is 0 Å². The second kappa shape index (κ2) is 42.7. The highest BCUT2D eigenvalue weighted by atomic mass is 32.2. The number of benzene rings is 10.